The number of aromatic nitrogens is 1. The van der Waals surface area contributed by atoms with Gasteiger partial charge >= 0.3 is 0 Å². The maximum atomic E-state index is 6.35. The summed E-state index contributed by atoms with van der Waals surface area (Å²) in [6.45, 7) is 4.30. The van der Waals surface area contributed by atoms with Crippen LogP contribution >= 0.6 is 11.6 Å². The number of ether oxygens (including phenoxy) is 1. The number of halogens is 1. The minimum atomic E-state index is 0.589. The van der Waals surface area contributed by atoms with Crippen molar-refractivity contribution in [2.45, 2.75) is 19.9 Å². The molecule has 1 aromatic carbocycles. The summed E-state index contributed by atoms with van der Waals surface area (Å²) in [6, 6.07) is 8.04. The van der Waals surface area contributed by atoms with Gasteiger partial charge in [0.25, 0.3) is 0 Å². The van der Waals surface area contributed by atoms with Crippen LogP contribution in [0, 0.1) is 11.8 Å². The number of fused-ring (bicyclic) bond motifs is 1. The molecular weight excluding hydrogens is 284 g/mol. The van der Waals surface area contributed by atoms with Crippen LogP contribution in [0.25, 0.3) is 10.9 Å². The standard InChI is InChI=1S/C17H21ClN2O/c1-11-6-13(11)9-20(2)10-14-7-12-4-5-15(21-3)8-16(12)19-17(14)18/h4-5,7-8,11,13H,6,9-10H2,1-3H3. The smallest absolute Gasteiger partial charge is 0.134 e. The molecule has 4 heteroatoms. The number of hydrogen-bond acceptors (Lipinski definition) is 3. The molecular formula is C17H21ClN2O. The molecule has 0 bridgehead atoms. The Hall–Kier alpha value is -1.32. The number of methoxy groups -OCH3 is 1. The van der Waals surface area contributed by atoms with Crippen molar-refractivity contribution < 1.29 is 4.74 Å². The van der Waals surface area contributed by atoms with E-state index in [1.165, 1.54) is 6.42 Å². The SMILES string of the molecule is COc1ccc2cc(CN(C)CC3CC3C)c(Cl)nc2c1. The Morgan fingerprint density at radius 1 is 1.38 bits per heavy atom. The van der Waals surface area contributed by atoms with E-state index in [1.54, 1.807) is 7.11 Å². The van der Waals surface area contributed by atoms with Crippen LogP contribution in [-0.2, 0) is 6.54 Å². The third-order valence-electron chi connectivity index (χ3n) is 4.31. The van der Waals surface area contributed by atoms with Gasteiger partial charge in [0.05, 0.1) is 12.6 Å². The molecule has 1 heterocycles. The predicted molar refractivity (Wildman–Crippen MR) is 86.9 cm³/mol. The van der Waals surface area contributed by atoms with Gasteiger partial charge in [-0.2, -0.15) is 0 Å². The summed E-state index contributed by atoms with van der Waals surface area (Å²) in [7, 11) is 3.81. The molecule has 0 aliphatic heterocycles. The molecule has 1 aliphatic carbocycles. The van der Waals surface area contributed by atoms with Gasteiger partial charge in [0.2, 0.25) is 0 Å². The van der Waals surface area contributed by atoms with Crippen LogP contribution < -0.4 is 4.74 Å². The molecule has 1 aromatic heterocycles. The van der Waals surface area contributed by atoms with E-state index in [9.17, 15) is 0 Å². The predicted octanol–water partition coefficient (Wildman–Crippen LogP) is 3.98. The van der Waals surface area contributed by atoms with Crippen molar-refractivity contribution in [3.8, 4) is 5.75 Å². The molecule has 3 nitrogen and oxygen atoms in total. The Morgan fingerprint density at radius 2 is 2.14 bits per heavy atom. The molecule has 1 fully saturated rings. The fourth-order valence-electron chi connectivity index (χ4n) is 2.81. The largest absolute Gasteiger partial charge is 0.497 e. The van der Waals surface area contributed by atoms with Gasteiger partial charge in [-0.05, 0) is 43.5 Å². The van der Waals surface area contributed by atoms with Crippen LogP contribution in [-0.4, -0.2) is 30.6 Å². The second kappa shape index (κ2) is 5.82. The molecule has 1 aliphatic rings. The van der Waals surface area contributed by atoms with E-state index in [2.05, 4.69) is 29.9 Å². The highest BCUT2D eigenvalue weighted by Gasteiger charge is 2.33. The van der Waals surface area contributed by atoms with Crippen molar-refractivity contribution in [2.24, 2.45) is 11.8 Å². The maximum absolute atomic E-state index is 6.35. The van der Waals surface area contributed by atoms with Crippen LogP contribution in [0.15, 0.2) is 24.3 Å². The molecule has 0 amide bonds. The molecule has 2 aromatic rings. The zero-order valence-electron chi connectivity index (χ0n) is 12.8. The minimum Gasteiger partial charge on any atom is -0.497 e. The average Bonchev–Trinajstić information content (AvgIpc) is 3.14. The molecule has 2 unspecified atom stereocenters. The Bertz CT molecular complexity index is 659. The minimum absolute atomic E-state index is 0.589. The summed E-state index contributed by atoms with van der Waals surface area (Å²) in [6.07, 6.45) is 1.35. The van der Waals surface area contributed by atoms with Gasteiger partial charge in [0.1, 0.15) is 10.9 Å². The van der Waals surface area contributed by atoms with E-state index in [1.807, 2.05) is 18.2 Å². The van der Waals surface area contributed by atoms with Gasteiger partial charge in [0.15, 0.2) is 0 Å². The highest BCUT2D eigenvalue weighted by Crippen LogP contribution is 2.38. The number of benzene rings is 1. The normalized spacial score (nSPS) is 21.0. The number of nitrogens with zero attached hydrogens (tertiary/aromatic N) is 2. The number of pyridine rings is 1. The van der Waals surface area contributed by atoms with E-state index in [4.69, 9.17) is 16.3 Å². The summed E-state index contributed by atoms with van der Waals surface area (Å²) < 4.78 is 5.23. The van der Waals surface area contributed by atoms with Crippen molar-refractivity contribution >= 4 is 22.5 Å². The van der Waals surface area contributed by atoms with Gasteiger partial charge in [-0.15, -0.1) is 0 Å². The topological polar surface area (TPSA) is 25.4 Å². The van der Waals surface area contributed by atoms with Crippen LogP contribution in [0.4, 0.5) is 0 Å². The second-order valence-corrected chi connectivity index (χ2v) is 6.52. The lowest BCUT2D eigenvalue weighted by Crippen LogP contribution is -2.21. The molecule has 2 atom stereocenters. The summed E-state index contributed by atoms with van der Waals surface area (Å²) in [5, 5.41) is 1.69. The van der Waals surface area contributed by atoms with Gasteiger partial charge in [-0.1, -0.05) is 18.5 Å². The lowest BCUT2D eigenvalue weighted by atomic mass is 10.1. The van der Waals surface area contributed by atoms with Gasteiger partial charge < -0.3 is 9.64 Å². The Labute approximate surface area is 130 Å². The van der Waals surface area contributed by atoms with Crippen molar-refractivity contribution in [1.82, 2.24) is 9.88 Å². The van der Waals surface area contributed by atoms with E-state index >= 15 is 0 Å². The Kier molecular flexibility index (Phi) is 4.05. The Balaban J connectivity index is 1.80. The first-order valence-electron chi connectivity index (χ1n) is 7.38. The third-order valence-corrected chi connectivity index (χ3v) is 4.64. The summed E-state index contributed by atoms with van der Waals surface area (Å²) in [4.78, 5) is 6.85. The van der Waals surface area contributed by atoms with Crippen LogP contribution in [0.3, 0.4) is 0 Å². The maximum Gasteiger partial charge on any atom is 0.134 e. The molecule has 0 N–H and O–H groups in total. The summed E-state index contributed by atoms with van der Waals surface area (Å²) in [5.41, 5.74) is 1.96. The first kappa shape index (κ1) is 14.6. The fraction of sp³-hybridized carbons (Fsp3) is 0.471. The Morgan fingerprint density at radius 3 is 2.81 bits per heavy atom. The molecule has 0 saturated heterocycles. The van der Waals surface area contributed by atoms with E-state index in [-0.39, 0.29) is 0 Å². The lowest BCUT2D eigenvalue weighted by molar-refractivity contribution is 0.307. The van der Waals surface area contributed by atoms with Crippen molar-refractivity contribution in [1.29, 1.82) is 0 Å². The van der Waals surface area contributed by atoms with Crippen LogP contribution in [0.2, 0.25) is 5.15 Å². The average molecular weight is 305 g/mol. The van der Waals surface area contributed by atoms with E-state index in [0.717, 1.165) is 47.1 Å². The van der Waals surface area contributed by atoms with Crippen LogP contribution in [0.5, 0.6) is 5.75 Å². The molecule has 1 saturated carbocycles. The fourth-order valence-corrected chi connectivity index (χ4v) is 3.02. The first-order valence-corrected chi connectivity index (χ1v) is 7.76. The first-order chi connectivity index (χ1) is 10.1. The zero-order valence-corrected chi connectivity index (χ0v) is 13.5. The van der Waals surface area contributed by atoms with E-state index in [0.29, 0.717) is 5.15 Å². The molecule has 0 spiro atoms. The highest BCUT2D eigenvalue weighted by atomic mass is 35.5. The van der Waals surface area contributed by atoms with Gasteiger partial charge in [-0.25, -0.2) is 4.98 Å². The number of rotatable bonds is 5. The monoisotopic (exact) mass is 304 g/mol. The molecule has 112 valence electrons. The highest BCUT2D eigenvalue weighted by molar-refractivity contribution is 6.30. The second-order valence-electron chi connectivity index (χ2n) is 6.17. The quantitative estimate of drug-likeness (QED) is 0.781. The van der Waals surface area contributed by atoms with Crippen molar-refractivity contribution in [2.75, 3.05) is 20.7 Å². The van der Waals surface area contributed by atoms with E-state index < -0.39 is 0 Å². The lowest BCUT2D eigenvalue weighted by Gasteiger charge is -2.17. The summed E-state index contributed by atoms with van der Waals surface area (Å²) in [5.74, 6) is 2.54. The summed E-state index contributed by atoms with van der Waals surface area (Å²) >= 11 is 6.35. The van der Waals surface area contributed by atoms with Crippen molar-refractivity contribution in [3.63, 3.8) is 0 Å². The zero-order chi connectivity index (χ0) is 15.0. The third kappa shape index (κ3) is 3.30. The van der Waals surface area contributed by atoms with Gasteiger partial charge in [-0.3, -0.25) is 0 Å². The molecule has 3 rings (SSSR count). The molecule has 21 heavy (non-hydrogen) atoms. The number of hydrogen-bond donors (Lipinski definition) is 0. The van der Waals surface area contributed by atoms with Crippen molar-refractivity contribution in [3.05, 3.63) is 35.0 Å². The molecule has 0 radical (unpaired) electrons. The van der Waals surface area contributed by atoms with Gasteiger partial charge in [0, 0.05) is 30.1 Å². The van der Waals surface area contributed by atoms with Crippen LogP contribution in [0.1, 0.15) is 18.9 Å².